The lowest BCUT2D eigenvalue weighted by Crippen LogP contribution is -2.58. The van der Waals surface area contributed by atoms with E-state index in [2.05, 4.69) is 28.6 Å². The van der Waals surface area contributed by atoms with Gasteiger partial charge in [0.05, 0.1) is 11.1 Å². The van der Waals surface area contributed by atoms with E-state index in [4.69, 9.17) is 4.98 Å². The molecule has 1 aliphatic heterocycles. The van der Waals surface area contributed by atoms with Gasteiger partial charge in [-0.3, -0.25) is 9.47 Å². The van der Waals surface area contributed by atoms with Crippen LogP contribution in [0.2, 0.25) is 0 Å². The lowest BCUT2D eigenvalue weighted by atomic mass is 9.98. The Morgan fingerprint density at radius 1 is 1.09 bits per heavy atom. The maximum atomic E-state index is 13.0. The van der Waals surface area contributed by atoms with Crippen molar-refractivity contribution in [3.05, 3.63) is 63.7 Å². The second-order valence-corrected chi connectivity index (χ2v) is 9.15. The third-order valence-corrected chi connectivity index (χ3v) is 6.92. The lowest BCUT2D eigenvalue weighted by Gasteiger charge is -2.48. The largest absolute Gasteiger partial charge is 0.416 e. The summed E-state index contributed by atoms with van der Waals surface area (Å²) in [5.74, 6) is 0.592. The number of pyridine rings is 1. The Morgan fingerprint density at radius 2 is 1.76 bits per heavy atom. The molecule has 0 amide bonds. The summed E-state index contributed by atoms with van der Waals surface area (Å²) in [6.07, 6.45) is -3.49. The normalized spacial score (nSPS) is 20.6. The summed E-state index contributed by atoms with van der Waals surface area (Å²) in [6, 6.07) is 9.34. The third kappa shape index (κ3) is 4.41. The molecule has 0 bridgehead atoms. The van der Waals surface area contributed by atoms with Crippen LogP contribution in [-0.4, -0.2) is 44.6 Å². The Kier molecular flexibility index (Phi) is 6.42. The van der Waals surface area contributed by atoms with Crippen molar-refractivity contribution in [2.75, 3.05) is 18.0 Å². The van der Waals surface area contributed by atoms with Crippen LogP contribution < -0.4 is 10.6 Å². The van der Waals surface area contributed by atoms with Gasteiger partial charge in [-0.1, -0.05) is 19.1 Å². The van der Waals surface area contributed by atoms with E-state index in [1.807, 2.05) is 26.0 Å². The molecule has 182 valence electrons. The quantitative estimate of drug-likeness (QED) is 0.550. The van der Waals surface area contributed by atoms with E-state index in [0.29, 0.717) is 24.4 Å². The van der Waals surface area contributed by atoms with Gasteiger partial charge in [-0.2, -0.15) is 18.2 Å². The van der Waals surface area contributed by atoms with Gasteiger partial charge in [0.1, 0.15) is 5.52 Å². The van der Waals surface area contributed by atoms with E-state index in [1.165, 1.54) is 4.57 Å². The minimum Gasteiger partial charge on any atom is -0.349 e. The van der Waals surface area contributed by atoms with Gasteiger partial charge in [-0.25, -0.2) is 9.78 Å². The van der Waals surface area contributed by atoms with Gasteiger partial charge in [0.15, 0.2) is 5.82 Å². The van der Waals surface area contributed by atoms with Crippen molar-refractivity contribution in [1.29, 1.82) is 0 Å². The molecule has 0 N–H and O–H groups in total. The molecule has 3 atom stereocenters. The Labute approximate surface area is 197 Å². The maximum Gasteiger partial charge on any atom is 0.416 e. The zero-order valence-electron chi connectivity index (χ0n) is 20.1. The van der Waals surface area contributed by atoms with Crippen LogP contribution in [0.1, 0.15) is 50.1 Å². The molecule has 1 fully saturated rings. The fraction of sp³-hybridized carbons (Fsp3) is 0.480. The number of piperazine rings is 1. The highest BCUT2D eigenvalue weighted by molar-refractivity contribution is 5.86. The van der Waals surface area contributed by atoms with E-state index in [0.717, 1.165) is 35.3 Å². The summed E-state index contributed by atoms with van der Waals surface area (Å²) in [6.45, 7) is 9.46. The zero-order valence-corrected chi connectivity index (χ0v) is 20.1. The molecule has 1 aliphatic rings. The maximum absolute atomic E-state index is 13.0. The van der Waals surface area contributed by atoms with Crippen LogP contribution in [0.4, 0.5) is 19.0 Å². The molecule has 2 aromatic heterocycles. The third-order valence-electron chi connectivity index (χ3n) is 6.92. The number of halogens is 3. The molecule has 4 rings (SSSR count). The van der Waals surface area contributed by atoms with Crippen molar-refractivity contribution < 1.29 is 13.2 Å². The number of alkyl halides is 3. The molecule has 1 aromatic carbocycles. The number of rotatable bonds is 4. The van der Waals surface area contributed by atoms with Crippen molar-refractivity contribution in [1.82, 2.24) is 19.4 Å². The average Bonchev–Trinajstić information content (AvgIpc) is 2.80. The molecule has 3 heterocycles. The molecule has 1 unspecified atom stereocenters. The summed E-state index contributed by atoms with van der Waals surface area (Å²) < 4.78 is 40.5. The standard InChI is InChI=1S/C25H30F3N5O/c1-6-20-14-32(23-22-21(12-7-15(2)29-22)31(5)24(34)30-23)16(3)13-33(20)17(4)18-8-10-19(11-9-18)25(26,27)28/h7-12,16-17,20H,6,13-14H2,1-5H3/t16-,17?,20+/m0/s1. The number of fused-ring (bicyclic) bond motifs is 1. The Morgan fingerprint density at radius 3 is 2.38 bits per heavy atom. The minimum atomic E-state index is -4.34. The number of benzene rings is 1. The average molecular weight is 474 g/mol. The smallest absolute Gasteiger partial charge is 0.349 e. The van der Waals surface area contributed by atoms with Gasteiger partial charge in [0.25, 0.3) is 0 Å². The van der Waals surface area contributed by atoms with Gasteiger partial charge < -0.3 is 4.90 Å². The van der Waals surface area contributed by atoms with Gasteiger partial charge in [-0.05, 0) is 57.0 Å². The van der Waals surface area contributed by atoms with Crippen LogP contribution in [0.3, 0.4) is 0 Å². The van der Waals surface area contributed by atoms with E-state index < -0.39 is 11.7 Å². The summed E-state index contributed by atoms with van der Waals surface area (Å²) in [7, 11) is 1.69. The monoisotopic (exact) mass is 473 g/mol. The lowest BCUT2D eigenvalue weighted by molar-refractivity contribution is -0.137. The molecule has 0 aliphatic carbocycles. The van der Waals surface area contributed by atoms with E-state index in [1.54, 1.807) is 19.2 Å². The summed E-state index contributed by atoms with van der Waals surface area (Å²) in [5, 5.41) is 0. The number of hydrogen-bond acceptors (Lipinski definition) is 5. The van der Waals surface area contributed by atoms with Crippen LogP contribution in [0.5, 0.6) is 0 Å². The second kappa shape index (κ2) is 9.02. The number of hydrogen-bond donors (Lipinski definition) is 0. The molecule has 9 heteroatoms. The highest BCUT2D eigenvalue weighted by Crippen LogP contribution is 2.34. The van der Waals surface area contributed by atoms with Crippen molar-refractivity contribution in [2.45, 2.75) is 58.4 Å². The summed E-state index contributed by atoms with van der Waals surface area (Å²) in [4.78, 5) is 26.2. The SMILES string of the molecule is CC[C@@H]1CN(c2nc(=O)n(C)c3ccc(C)nc23)[C@@H](C)CN1C(C)c1ccc(C(F)(F)F)cc1. The van der Waals surface area contributed by atoms with E-state index in [-0.39, 0.29) is 23.8 Å². The van der Waals surface area contributed by atoms with Crippen molar-refractivity contribution >= 4 is 16.9 Å². The van der Waals surface area contributed by atoms with Gasteiger partial charge in [0, 0.05) is 44.0 Å². The van der Waals surface area contributed by atoms with Crippen molar-refractivity contribution in [3.63, 3.8) is 0 Å². The molecule has 3 aromatic rings. The molecule has 0 saturated carbocycles. The molecule has 34 heavy (non-hydrogen) atoms. The van der Waals surface area contributed by atoms with Crippen LogP contribution in [-0.2, 0) is 13.2 Å². The van der Waals surface area contributed by atoms with Gasteiger partial charge in [-0.15, -0.1) is 0 Å². The summed E-state index contributed by atoms with van der Waals surface area (Å²) >= 11 is 0. The van der Waals surface area contributed by atoms with E-state index >= 15 is 0 Å². The summed E-state index contributed by atoms with van der Waals surface area (Å²) in [5.41, 5.74) is 2.17. The van der Waals surface area contributed by atoms with Gasteiger partial charge in [0.2, 0.25) is 0 Å². The van der Waals surface area contributed by atoms with Crippen LogP contribution in [0.25, 0.3) is 11.0 Å². The zero-order chi connectivity index (χ0) is 24.8. The second-order valence-electron chi connectivity index (χ2n) is 9.15. The molecular formula is C25H30F3N5O. The predicted octanol–water partition coefficient (Wildman–Crippen LogP) is 4.71. The van der Waals surface area contributed by atoms with Crippen LogP contribution >= 0.6 is 0 Å². The first-order valence-corrected chi connectivity index (χ1v) is 11.5. The molecule has 1 saturated heterocycles. The minimum absolute atomic E-state index is 0.0322. The molecular weight excluding hydrogens is 443 g/mol. The number of aryl methyl sites for hydroxylation is 2. The van der Waals surface area contributed by atoms with E-state index in [9.17, 15) is 18.0 Å². The van der Waals surface area contributed by atoms with Crippen molar-refractivity contribution in [3.8, 4) is 0 Å². The first-order valence-electron chi connectivity index (χ1n) is 11.5. The Hall–Kier alpha value is -2.94. The molecule has 0 radical (unpaired) electrons. The predicted molar refractivity (Wildman–Crippen MR) is 127 cm³/mol. The van der Waals surface area contributed by atoms with Crippen LogP contribution in [0.15, 0.2) is 41.2 Å². The highest BCUT2D eigenvalue weighted by Gasteiger charge is 2.36. The molecule has 6 nitrogen and oxygen atoms in total. The number of anilines is 1. The Bertz CT molecular complexity index is 1240. The fourth-order valence-corrected chi connectivity index (χ4v) is 4.85. The van der Waals surface area contributed by atoms with Crippen molar-refractivity contribution in [2.24, 2.45) is 7.05 Å². The number of nitrogens with zero attached hydrogens (tertiary/aromatic N) is 5. The van der Waals surface area contributed by atoms with Gasteiger partial charge >= 0.3 is 11.9 Å². The first-order chi connectivity index (χ1) is 16.0. The Balaban J connectivity index is 1.65. The first kappa shape index (κ1) is 24.2. The number of aromatic nitrogens is 3. The highest BCUT2D eigenvalue weighted by atomic mass is 19.4. The topological polar surface area (TPSA) is 54.3 Å². The van der Waals surface area contributed by atoms with Crippen LogP contribution in [0, 0.1) is 6.92 Å². The fourth-order valence-electron chi connectivity index (χ4n) is 4.85. The molecule has 0 spiro atoms.